The predicted octanol–water partition coefficient (Wildman–Crippen LogP) is 2.52. The zero-order chi connectivity index (χ0) is 11.4. The summed E-state index contributed by atoms with van der Waals surface area (Å²) in [4.78, 5) is 0. The third kappa shape index (κ3) is 1.80. The van der Waals surface area contributed by atoms with E-state index >= 15 is 0 Å². The van der Waals surface area contributed by atoms with Gasteiger partial charge in [0.15, 0.2) is 0 Å². The van der Waals surface area contributed by atoms with E-state index in [-0.39, 0.29) is 0 Å². The van der Waals surface area contributed by atoms with Gasteiger partial charge in [-0.3, -0.25) is 0 Å². The first kappa shape index (κ1) is 10.8. The quantitative estimate of drug-likeness (QED) is 0.603. The Labute approximate surface area is 88.9 Å². The van der Waals surface area contributed by atoms with Crippen LogP contribution in [0.1, 0.15) is 20.3 Å². The number of rotatable bonds is 1. The van der Waals surface area contributed by atoms with Crippen LogP contribution >= 0.6 is 0 Å². The normalized spacial score (nSPS) is 22.5. The molecule has 1 aliphatic carbocycles. The molecule has 0 aromatic heterocycles. The zero-order valence-electron chi connectivity index (χ0n) is 8.63. The van der Waals surface area contributed by atoms with Crippen LogP contribution in [0.5, 0.6) is 0 Å². The molecule has 0 N–H and O–H groups in total. The SMILES string of the molecule is CC/C(C#N)=C1\C(=C(C)C#N)\C1=C/C#N. The van der Waals surface area contributed by atoms with Crippen LogP contribution in [0.15, 0.2) is 33.9 Å². The van der Waals surface area contributed by atoms with Crippen LogP contribution in [-0.4, -0.2) is 0 Å². The van der Waals surface area contributed by atoms with Crippen molar-refractivity contribution < 1.29 is 0 Å². The fourth-order valence-corrected chi connectivity index (χ4v) is 1.48. The maximum atomic E-state index is 8.87. The van der Waals surface area contributed by atoms with Crippen molar-refractivity contribution in [1.82, 2.24) is 0 Å². The molecule has 0 atom stereocenters. The highest BCUT2D eigenvalue weighted by Gasteiger charge is 2.35. The Kier molecular flexibility index (Phi) is 3.06. The number of allylic oxidation sites excluding steroid dienone is 6. The average molecular weight is 195 g/mol. The second kappa shape index (κ2) is 4.27. The lowest BCUT2D eigenvalue weighted by atomic mass is 10.2. The Morgan fingerprint density at radius 3 is 2.27 bits per heavy atom. The van der Waals surface area contributed by atoms with Crippen LogP contribution in [0, 0.1) is 34.0 Å². The predicted molar refractivity (Wildman–Crippen MR) is 54.9 cm³/mol. The molecule has 0 unspecified atom stereocenters. The topological polar surface area (TPSA) is 71.4 Å². The molecule has 0 aromatic rings. The molecule has 0 heterocycles. The Bertz CT molecular complexity index is 511. The molecule has 0 aromatic carbocycles. The van der Waals surface area contributed by atoms with Gasteiger partial charge in [0.25, 0.3) is 0 Å². The summed E-state index contributed by atoms with van der Waals surface area (Å²) in [5, 5.41) is 26.2. The standard InChI is InChI=1S/C12H9N3/c1-3-9(7-15)12-10(4-5-13)11(12)8(2)6-14/h4H,3H2,1-2H3/b10-4+,11-8?,12-9+. The van der Waals surface area contributed by atoms with Crippen molar-refractivity contribution in [2.75, 3.05) is 0 Å². The first-order valence-corrected chi connectivity index (χ1v) is 4.56. The largest absolute Gasteiger partial charge is 0.193 e. The minimum atomic E-state index is 0.563. The first-order chi connectivity index (χ1) is 7.21. The highest BCUT2D eigenvalue weighted by molar-refractivity contribution is 5.84. The first-order valence-electron chi connectivity index (χ1n) is 4.56. The number of hydrogen-bond acceptors (Lipinski definition) is 3. The summed E-state index contributed by atoms with van der Waals surface area (Å²) >= 11 is 0. The van der Waals surface area contributed by atoms with Crippen molar-refractivity contribution in [2.24, 2.45) is 0 Å². The molecule has 0 aliphatic heterocycles. The smallest absolute Gasteiger partial charge is 0.0953 e. The summed E-state index contributed by atoms with van der Waals surface area (Å²) < 4.78 is 0. The van der Waals surface area contributed by atoms with Gasteiger partial charge in [-0.2, -0.15) is 15.8 Å². The maximum absolute atomic E-state index is 8.87. The van der Waals surface area contributed by atoms with Crippen molar-refractivity contribution in [2.45, 2.75) is 20.3 Å². The minimum Gasteiger partial charge on any atom is -0.193 e. The fraction of sp³-hybridized carbons (Fsp3) is 0.250. The summed E-state index contributed by atoms with van der Waals surface area (Å²) in [6, 6.07) is 6.05. The van der Waals surface area contributed by atoms with Gasteiger partial charge >= 0.3 is 0 Å². The van der Waals surface area contributed by atoms with E-state index in [2.05, 4.69) is 6.07 Å². The molecule has 3 nitrogen and oxygen atoms in total. The van der Waals surface area contributed by atoms with E-state index in [9.17, 15) is 0 Å². The minimum absolute atomic E-state index is 0.563. The van der Waals surface area contributed by atoms with Gasteiger partial charge in [-0.05, 0) is 13.3 Å². The maximum Gasteiger partial charge on any atom is 0.0953 e. The van der Waals surface area contributed by atoms with E-state index in [4.69, 9.17) is 15.8 Å². The molecule has 0 spiro atoms. The van der Waals surface area contributed by atoms with Gasteiger partial charge in [0.1, 0.15) is 0 Å². The summed E-state index contributed by atoms with van der Waals surface area (Å²) in [7, 11) is 0. The lowest BCUT2D eigenvalue weighted by Crippen LogP contribution is -1.73. The lowest BCUT2D eigenvalue weighted by molar-refractivity contribution is 1.15. The average Bonchev–Trinajstić information content (AvgIpc) is 2.94. The van der Waals surface area contributed by atoms with Gasteiger partial charge < -0.3 is 0 Å². The summed E-state index contributed by atoms with van der Waals surface area (Å²) in [5.41, 5.74) is 3.52. The third-order valence-electron chi connectivity index (χ3n) is 2.27. The van der Waals surface area contributed by atoms with Gasteiger partial charge in [0.05, 0.1) is 18.2 Å². The second-order valence-corrected chi connectivity index (χ2v) is 3.12. The van der Waals surface area contributed by atoms with Crippen LogP contribution in [0.2, 0.25) is 0 Å². The molecule has 15 heavy (non-hydrogen) atoms. The molecule has 0 saturated heterocycles. The monoisotopic (exact) mass is 195 g/mol. The zero-order valence-corrected chi connectivity index (χ0v) is 8.63. The Hall–Kier alpha value is -2.31. The highest BCUT2D eigenvalue weighted by atomic mass is 14.4. The van der Waals surface area contributed by atoms with Crippen molar-refractivity contribution in [3.63, 3.8) is 0 Å². The molecule has 3 heteroatoms. The highest BCUT2D eigenvalue weighted by Crippen LogP contribution is 2.48. The van der Waals surface area contributed by atoms with Gasteiger partial charge in [0, 0.05) is 33.9 Å². The molecule has 72 valence electrons. The lowest BCUT2D eigenvalue weighted by Gasteiger charge is -1.84. The van der Waals surface area contributed by atoms with Crippen molar-refractivity contribution >= 4 is 0 Å². The van der Waals surface area contributed by atoms with Crippen LogP contribution in [0.25, 0.3) is 0 Å². The Morgan fingerprint density at radius 2 is 1.87 bits per heavy atom. The van der Waals surface area contributed by atoms with Crippen LogP contribution in [0.3, 0.4) is 0 Å². The Morgan fingerprint density at radius 1 is 1.20 bits per heavy atom. The number of nitriles is 3. The molecular weight excluding hydrogens is 186 g/mol. The Balaban J connectivity index is 3.36. The van der Waals surface area contributed by atoms with Gasteiger partial charge in [-0.25, -0.2) is 0 Å². The molecule has 0 bridgehead atoms. The summed E-state index contributed by atoms with van der Waals surface area (Å²) in [6.07, 6.45) is 2.01. The molecular formula is C12H9N3. The van der Waals surface area contributed by atoms with Crippen LogP contribution in [0.4, 0.5) is 0 Å². The fourth-order valence-electron chi connectivity index (χ4n) is 1.48. The van der Waals surface area contributed by atoms with Crippen molar-refractivity contribution in [3.05, 3.63) is 33.9 Å². The third-order valence-corrected chi connectivity index (χ3v) is 2.27. The molecule has 1 fully saturated rings. The second-order valence-electron chi connectivity index (χ2n) is 3.12. The van der Waals surface area contributed by atoms with Crippen molar-refractivity contribution in [1.29, 1.82) is 15.8 Å². The molecule has 0 radical (unpaired) electrons. The van der Waals surface area contributed by atoms with Gasteiger partial charge in [0.2, 0.25) is 0 Å². The van der Waals surface area contributed by atoms with Gasteiger partial charge in [-0.15, -0.1) is 0 Å². The van der Waals surface area contributed by atoms with E-state index in [1.165, 1.54) is 6.08 Å². The molecule has 0 amide bonds. The number of nitrogens with zero attached hydrogens (tertiary/aromatic N) is 3. The van der Waals surface area contributed by atoms with E-state index in [0.29, 0.717) is 17.6 Å². The molecule has 1 rings (SSSR count). The van der Waals surface area contributed by atoms with Crippen LogP contribution < -0.4 is 0 Å². The van der Waals surface area contributed by atoms with E-state index in [1.807, 2.05) is 19.1 Å². The van der Waals surface area contributed by atoms with Gasteiger partial charge in [-0.1, -0.05) is 6.92 Å². The summed E-state index contributed by atoms with van der Waals surface area (Å²) in [5.74, 6) is 0. The number of hydrogen-bond donors (Lipinski definition) is 0. The van der Waals surface area contributed by atoms with E-state index in [1.54, 1.807) is 6.92 Å². The van der Waals surface area contributed by atoms with Crippen molar-refractivity contribution in [3.8, 4) is 18.2 Å². The van der Waals surface area contributed by atoms with E-state index < -0.39 is 0 Å². The summed E-state index contributed by atoms with van der Waals surface area (Å²) in [6.45, 7) is 3.57. The van der Waals surface area contributed by atoms with Crippen LogP contribution in [-0.2, 0) is 0 Å². The molecule has 1 aliphatic rings. The molecule has 1 saturated carbocycles. The van der Waals surface area contributed by atoms with E-state index in [0.717, 1.165) is 16.7 Å².